The standard InChI is InChI=1S/C15H19F7NO3S/c16-13(17,9-5-2-1-3-6-10-14(18,19)20)15(21,22)26-27(24,25)23-11-7-4-8-12-23/h4,7-8,11-12H,1-3,5-6,9-10H2/q+1. The van der Waals surface area contributed by atoms with Gasteiger partial charge in [0.15, 0.2) is 12.4 Å². The van der Waals surface area contributed by atoms with E-state index in [9.17, 15) is 39.2 Å². The minimum absolute atomic E-state index is 0.00368. The van der Waals surface area contributed by atoms with Crippen LogP contribution < -0.4 is 3.97 Å². The smallest absolute Gasteiger partial charge is 0.197 e. The molecule has 0 amide bonds. The molecule has 0 fully saturated rings. The average molecular weight is 426 g/mol. The monoisotopic (exact) mass is 426 g/mol. The van der Waals surface area contributed by atoms with Gasteiger partial charge >= 0.3 is 28.5 Å². The summed E-state index contributed by atoms with van der Waals surface area (Å²) in [5.41, 5.74) is 0. The molecule has 12 heteroatoms. The van der Waals surface area contributed by atoms with Gasteiger partial charge in [0.25, 0.3) is 0 Å². The second-order valence-electron chi connectivity index (χ2n) is 5.85. The Morgan fingerprint density at radius 2 is 1.22 bits per heavy atom. The van der Waals surface area contributed by atoms with Crippen molar-refractivity contribution in [2.24, 2.45) is 0 Å². The van der Waals surface area contributed by atoms with Crippen LogP contribution in [-0.4, -0.2) is 26.6 Å². The molecule has 4 nitrogen and oxygen atoms in total. The molecule has 1 rings (SSSR count). The molecule has 1 heterocycles. The third-order valence-electron chi connectivity index (χ3n) is 3.53. The van der Waals surface area contributed by atoms with E-state index >= 15 is 0 Å². The second kappa shape index (κ2) is 9.18. The Hall–Kier alpha value is -1.43. The fraction of sp³-hybridized carbons (Fsp3) is 0.667. The Bertz CT molecular complexity index is 678. The van der Waals surface area contributed by atoms with Crippen LogP contribution in [0.15, 0.2) is 30.6 Å². The molecule has 0 aromatic carbocycles. The molecule has 0 spiro atoms. The van der Waals surface area contributed by atoms with Crippen molar-refractivity contribution >= 4 is 10.3 Å². The van der Waals surface area contributed by atoms with Crippen LogP contribution in [0.2, 0.25) is 0 Å². The van der Waals surface area contributed by atoms with Crippen molar-refractivity contribution in [3.05, 3.63) is 30.6 Å². The number of nitrogens with zero attached hydrogens (tertiary/aromatic N) is 1. The van der Waals surface area contributed by atoms with E-state index in [1.165, 1.54) is 18.2 Å². The van der Waals surface area contributed by atoms with Crippen molar-refractivity contribution in [3.63, 3.8) is 0 Å². The third-order valence-corrected chi connectivity index (χ3v) is 4.71. The van der Waals surface area contributed by atoms with Gasteiger partial charge in [-0.25, -0.2) is 0 Å². The predicted octanol–water partition coefficient (Wildman–Crippen LogP) is 4.60. The fourth-order valence-corrected chi connectivity index (χ4v) is 3.03. The lowest BCUT2D eigenvalue weighted by molar-refractivity contribution is -0.526. The molecule has 0 unspecified atom stereocenters. The van der Waals surface area contributed by atoms with Gasteiger partial charge in [0.2, 0.25) is 0 Å². The molecule has 1 aromatic rings. The Morgan fingerprint density at radius 1 is 0.741 bits per heavy atom. The van der Waals surface area contributed by atoms with E-state index in [1.54, 1.807) is 0 Å². The largest absolute Gasteiger partial charge is 0.519 e. The van der Waals surface area contributed by atoms with E-state index in [0.717, 1.165) is 12.4 Å². The van der Waals surface area contributed by atoms with Gasteiger partial charge in [-0.05, 0) is 12.8 Å². The van der Waals surface area contributed by atoms with Crippen LogP contribution in [-0.2, 0) is 14.5 Å². The molecule has 0 aliphatic carbocycles. The molecule has 0 aliphatic rings. The highest BCUT2D eigenvalue weighted by atomic mass is 32.2. The van der Waals surface area contributed by atoms with E-state index in [-0.39, 0.29) is 29.7 Å². The highest BCUT2D eigenvalue weighted by Gasteiger charge is 2.61. The van der Waals surface area contributed by atoms with Gasteiger partial charge in [0.1, 0.15) is 0 Å². The first-order valence-electron chi connectivity index (χ1n) is 8.02. The normalized spacial score (nSPS) is 13.7. The second-order valence-corrected chi connectivity index (χ2v) is 7.29. The van der Waals surface area contributed by atoms with E-state index < -0.39 is 47.8 Å². The first kappa shape index (κ1) is 23.6. The van der Waals surface area contributed by atoms with E-state index in [2.05, 4.69) is 4.18 Å². The lowest BCUT2D eigenvalue weighted by Crippen LogP contribution is -2.51. The molecule has 0 radical (unpaired) electrons. The van der Waals surface area contributed by atoms with Crippen LogP contribution in [0.5, 0.6) is 0 Å². The first-order chi connectivity index (χ1) is 12.3. The Morgan fingerprint density at radius 3 is 1.74 bits per heavy atom. The van der Waals surface area contributed by atoms with Gasteiger partial charge in [-0.2, -0.15) is 30.7 Å². The summed E-state index contributed by atoms with van der Waals surface area (Å²) in [4.78, 5) is 0. The number of rotatable bonds is 11. The summed E-state index contributed by atoms with van der Waals surface area (Å²) in [7, 11) is -5.18. The van der Waals surface area contributed by atoms with Crippen molar-refractivity contribution in [3.8, 4) is 0 Å². The topological polar surface area (TPSA) is 47.3 Å². The predicted molar refractivity (Wildman–Crippen MR) is 80.3 cm³/mol. The molecule has 27 heavy (non-hydrogen) atoms. The zero-order valence-corrected chi connectivity index (χ0v) is 14.9. The van der Waals surface area contributed by atoms with Crippen molar-refractivity contribution in [1.82, 2.24) is 0 Å². The number of aromatic nitrogens is 1. The molecule has 0 atom stereocenters. The molecule has 0 N–H and O–H groups in total. The molecular weight excluding hydrogens is 407 g/mol. The van der Waals surface area contributed by atoms with Crippen molar-refractivity contribution in [2.45, 2.75) is 63.2 Å². The first-order valence-corrected chi connectivity index (χ1v) is 9.38. The number of halogens is 7. The summed E-state index contributed by atoms with van der Waals surface area (Å²) in [6, 6.07) is 3.74. The lowest BCUT2D eigenvalue weighted by Gasteiger charge is -2.24. The van der Waals surface area contributed by atoms with Crippen LogP contribution in [0, 0.1) is 0 Å². The van der Waals surface area contributed by atoms with Gasteiger partial charge in [0, 0.05) is 25.0 Å². The van der Waals surface area contributed by atoms with E-state index in [4.69, 9.17) is 0 Å². The van der Waals surface area contributed by atoms with E-state index in [0.29, 0.717) is 0 Å². The average Bonchev–Trinajstić information content (AvgIpc) is 2.52. The molecule has 156 valence electrons. The molecule has 0 bridgehead atoms. The van der Waals surface area contributed by atoms with Crippen molar-refractivity contribution in [1.29, 1.82) is 0 Å². The van der Waals surface area contributed by atoms with Gasteiger partial charge in [-0.3, -0.25) is 0 Å². The molecular formula is C15H19F7NO3S+. The number of unbranched alkanes of at least 4 members (excludes halogenated alkanes) is 4. The summed E-state index contributed by atoms with van der Waals surface area (Å²) >= 11 is 0. The maximum atomic E-state index is 13.7. The zero-order valence-electron chi connectivity index (χ0n) is 14.1. The van der Waals surface area contributed by atoms with E-state index in [1.807, 2.05) is 0 Å². The Balaban J connectivity index is 2.50. The summed E-state index contributed by atoms with van der Waals surface area (Å²) in [5.74, 6) is -4.76. The number of pyridine rings is 1. The highest BCUT2D eigenvalue weighted by molar-refractivity contribution is 7.80. The molecule has 0 saturated carbocycles. The summed E-state index contributed by atoms with van der Waals surface area (Å²) in [6.45, 7) is 0. The Labute approximate surface area is 152 Å². The minimum atomic E-state index is -5.27. The number of alkyl halides is 7. The molecule has 1 aromatic heterocycles. The van der Waals surface area contributed by atoms with Crippen molar-refractivity contribution < 1.29 is 47.3 Å². The maximum absolute atomic E-state index is 13.7. The van der Waals surface area contributed by atoms with Crippen LogP contribution in [0.3, 0.4) is 0 Å². The van der Waals surface area contributed by atoms with Crippen LogP contribution in [0.25, 0.3) is 0 Å². The quantitative estimate of drug-likeness (QED) is 0.295. The summed E-state index contributed by atoms with van der Waals surface area (Å²) in [5, 5.41) is 0. The van der Waals surface area contributed by atoms with Crippen LogP contribution >= 0.6 is 0 Å². The lowest BCUT2D eigenvalue weighted by atomic mass is 10.1. The summed E-state index contributed by atoms with van der Waals surface area (Å²) < 4.78 is 117. The minimum Gasteiger partial charge on any atom is -0.197 e. The SMILES string of the molecule is O=S(=O)(OC(F)(F)C(F)(F)CCCCCCCC(F)(F)F)[n+]1ccccc1. The summed E-state index contributed by atoms with van der Waals surface area (Å²) in [6.07, 6.45) is -10.6. The highest BCUT2D eigenvalue weighted by Crippen LogP contribution is 2.40. The molecule has 0 aliphatic heterocycles. The number of hydrogen-bond acceptors (Lipinski definition) is 3. The zero-order chi connectivity index (χ0) is 20.8. The number of hydrogen-bond donors (Lipinski definition) is 0. The third kappa shape index (κ3) is 7.99. The van der Waals surface area contributed by atoms with Gasteiger partial charge in [-0.1, -0.05) is 29.3 Å². The van der Waals surface area contributed by atoms with Crippen LogP contribution in [0.1, 0.15) is 44.9 Å². The Kier molecular flexibility index (Phi) is 8.02. The maximum Gasteiger partial charge on any atom is 0.519 e. The van der Waals surface area contributed by atoms with Gasteiger partial charge in [-0.15, -0.1) is 12.6 Å². The van der Waals surface area contributed by atoms with Crippen LogP contribution in [0.4, 0.5) is 30.7 Å². The van der Waals surface area contributed by atoms with Crippen molar-refractivity contribution in [2.75, 3.05) is 0 Å². The fourth-order valence-electron chi connectivity index (χ4n) is 2.12. The molecule has 0 saturated heterocycles. The van der Waals surface area contributed by atoms with Gasteiger partial charge < -0.3 is 0 Å². The van der Waals surface area contributed by atoms with Gasteiger partial charge in [0.05, 0.1) is 0 Å².